The highest BCUT2D eigenvalue weighted by Gasteiger charge is 2.51. The summed E-state index contributed by atoms with van der Waals surface area (Å²) in [7, 11) is 0. The minimum atomic E-state index is -0.555. The molecule has 2 aromatic heterocycles. The van der Waals surface area contributed by atoms with Crippen molar-refractivity contribution in [2.75, 3.05) is 4.90 Å². The van der Waals surface area contributed by atoms with Gasteiger partial charge in [0.1, 0.15) is 11.2 Å². The topological polar surface area (TPSA) is 21.3 Å². The molecule has 15 aromatic rings. The Kier molecular flexibility index (Phi) is 10.2. The Hall–Kier alpha value is -10.7. The minimum Gasteiger partial charge on any atom is -0.456 e. The first kappa shape index (κ1) is 46.2. The fourth-order valence-corrected chi connectivity index (χ4v) is 14.1. The lowest BCUT2D eigenvalue weighted by atomic mass is 9.70. The molecule has 2 heterocycles. The molecule has 2 aliphatic rings. The Balaban J connectivity index is 0.969. The van der Waals surface area contributed by atoms with Gasteiger partial charge in [0.2, 0.25) is 0 Å². The zero-order valence-electron chi connectivity index (χ0n) is 44.7. The molecule has 0 amide bonds. The normalized spacial score (nSPS) is 12.7. The van der Waals surface area contributed by atoms with Gasteiger partial charge < -0.3 is 13.9 Å². The molecule has 0 radical (unpaired) electrons. The number of hydrogen-bond acceptors (Lipinski definition) is 2. The lowest BCUT2D eigenvalue weighted by Crippen LogP contribution is -2.26. The van der Waals surface area contributed by atoms with Gasteiger partial charge in [-0.05, 0) is 157 Å². The third-order valence-electron chi connectivity index (χ3n) is 17.6. The number of hydrogen-bond donors (Lipinski definition) is 0. The minimum absolute atomic E-state index is 0.555. The average Bonchev–Trinajstić information content (AvgIpc) is 1.96. The van der Waals surface area contributed by atoms with Crippen LogP contribution in [0.1, 0.15) is 22.3 Å². The lowest BCUT2D eigenvalue weighted by Gasteiger charge is -2.34. The molecule has 13 aromatic carbocycles. The molecule has 0 unspecified atom stereocenters. The zero-order valence-corrected chi connectivity index (χ0v) is 44.7. The summed E-state index contributed by atoms with van der Waals surface area (Å²) < 4.78 is 9.49. The summed E-state index contributed by atoms with van der Waals surface area (Å²) in [6.45, 7) is 0. The van der Waals surface area contributed by atoms with Crippen LogP contribution in [0.5, 0.6) is 0 Å². The molecular weight excluding hydrogens is 993 g/mol. The molecule has 3 nitrogen and oxygen atoms in total. The number of anilines is 3. The molecule has 0 aliphatic heterocycles. The predicted octanol–water partition coefficient (Wildman–Crippen LogP) is 21.2. The number of rotatable bonds is 8. The summed E-state index contributed by atoms with van der Waals surface area (Å²) in [5.74, 6) is 0. The van der Waals surface area contributed by atoms with E-state index in [1.807, 2.05) is 0 Å². The van der Waals surface area contributed by atoms with Gasteiger partial charge in [0, 0.05) is 38.7 Å². The molecule has 3 heteroatoms. The number of para-hydroxylation sites is 2. The Labute approximate surface area is 475 Å². The number of nitrogens with zero attached hydrogens (tertiary/aromatic N) is 2. The van der Waals surface area contributed by atoms with E-state index in [9.17, 15) is 0 Å². The zero-order chi connectivity index (χ0) is 53.9. The molecule has 382 valence electrons. The van der Waals surface area contributed by atoms with Gasteiger partial charge in [-0.3, -0.25) is 0 Å². The maximum Gasteiger partial charge on any atom is 0.137 e. The molecule has 17 rings (SSSR count). The molecule has 0 N–H and O–H groups in total. The number of fused-ring (bicyclic) bond motifs is 16. The van der Waals surface area contributed by atoms with Gasteiger partial charge in [0.05, 0.1) is 33.2 Å². The standard InChI is InChI=1S/C79H50N2O/c1-5-21-51(22-6-1)54-37-43-73(65(47-54)53-25-9-3-10-26-53)81(58-40-41-63-62-31-15-19-35-70(62)79(71(63)50-58)68-33-17-13-29-60(68)61-30-14-18-34-69(61)79)78-59(52-23-7-2-8-24-52)42-46-76-77(78)67-49-56(39-45-75(67)82-76)55-38-44-74-66(48-55)64-32-16-20-36-72(64)80(74)57-27-11-4-12-28-57/h1-50H. The SMILES string of the molecule is c1ccc(-c2ccc(N(c3ccc4c(c3)C3(c5ccccc5-c5ccccc53)c3ccccc3-4)c3c(-c4ccccc4)ccc4oc5ccc(-c6ccc7c(c6)c6ccccc6n7-c6ccccc6)cc5c34)c(-c3ccccc3)c2)cc1. The maximum absolute atomic E-state index is 7.11. The monoisotopic (exact) mass is 1040 g/mol. The van der Waals surface area contributed by atoms with Crippen LogP contribution in [0, 0.1) is 0 Å². The fraction of sp³-hybridized carbons (Fsp3) is 0.0127. The third-order valence-corrected chi connectivity index (χ3v) is 17.6. The quantitative estimate of drug-likeness (QED) is 0.151. The van der Waals surface area contributed by atoms with Gasteiger partial charge in [0.15, 0.2) is 0 Å². The largest absolute Gasteiger partial charge is 0.456 e. The lowest BCUT2D eigenvalue weighted by molar-refractivity contribution is 0.669. The first-order chi connectivity index (χ1) is 40.7. The van der Waals surface area contributed by atoms with Gasteiger partial charge in [-0.2, -0.15) is 0 Å². The molecule has 82 heavy (non-hydrogen) atoms. The van der Waals surface area contributed by atoms with Crippen LogP contribution in [0.2, 0.25) is 0 Å². The van der Waals surface area contributed by atoms with Crippen LogP contribution in [-0.4, -0.2) is 4.57 Å². The average molecular weight is 1040 g/mol. The summed E-state index contributed by atoms with van der Waals surface area (Å²) in [6, 6.07) is 112. The van der Waals surface area contributed by atoms with Gasteiger partial charge in [-0.25, -0.2) is 0 Å². The molecule has 0 atom stereocenters. The summed E-state index contributed by atoms with van der Waals surface area (Å²) in [4.78, 5) is 2.57. The summed E-state index contributed by atoms with van der Waals surface area (Å²) in [5, 5.41) is 4.52. The maximum atomic E-state index is 7.11. The van der Waals surface area contributed by atoms with E-state index in [0.717, 1.165) is 89.2 Å². The van der Waals surface area contributed by atoms with Crippen molar-refractivity contribution in [3.05, 3.63) is 326 Å². The highest BCUT2D eigenvalue weighted by Crippen LogP contribution is 2.64. The van der Waals surface area contributed by atoms with Crippen molar-refractivity contribution in [1.29, 1.82) is 0 Å². The van der Waals surface area contributed by atoms with Crippen LogP contribution in [0.25, 0.3) is 116 Å². The van der Waals surface area contributed by atoms with Crippen molar-refractivity contribution < 1.29 is 4.42 Å². The van der Waals surface area contributed by atoms with Crippen molar-refractivity contribution in [2.24, 2.45) is 0 Å². The van der Waals surface area contributed by atoms with E-state index in [0.29, 0.717) is 0 Å². The van der Waals surface area contributed by atoms with Gasteiger partial charge >= 0.3 is 0 Å². The van der Waals surface area contributed by atoms with Gasteiger partial charge in [0.25, 0.3) is 0 Å². The molecule has 0 bridgehead atoms. The molecule has 0 fully saturated rings. The molecule has 1 spiro atoms. The second kappa shape index (κ2) is 18.2. The molecule has 0 saturated heterocycles. The van der Waals surface area contributed by atoms with E-state index in [1.165, 1.54) is 66.3 Å². The number of furan rings is 1. The van der Waals surface area contributed by atoms with Crippen LogP contribution < -0.4 is 4.90 Å². The van der Waals surface area contributed by atoms with Crippen molar-refractivity contribution in [3.8, 4) is 72.4 Å². The van der Waals surface area contributed by atoms with Crippen LogP contribution in [-0.2, 0) is 5.41 Å². The van der Waals surface area contributed by atoms with E-state index in [4.69, 9.17) is 4.42 Å². The summed E-state index contributed by atoms with van der Waals surface area (Å²) in [5.41, 5.74) is 27.0. The number of aromatic nitrogens is 1. The van der Waals surface area contributed by atoms with Crippen LogP contribution in [0.15, 0.2) is 308 Å². The fourth-order valence-electron chi connectivity index (χ4n) is 14.1. The van der Waals surface area contributed by atoms with E-state index >= 15 is 0 Å². The highest BCUT2D eigenvalue weighted by molar-refractivity contribution is 6.19. The predicted molar refractivity (Wildman–Crippen MR) is 341 cm³/mol. The van der Waals surface area contributed by atoms with Crippen LogP contribution in [0.3, 0.4) is 0 Å². The first-order valence-electron chi connectivity index (χ1n) is 28.3. The van der Waals surface area contributed by atoms with Gasteiger partial charge in [-0.1, -0.05) is 224 Å². The van der Waals surface area contributed by atoms with Crippen LogP contribution >= 0.6 is 0 Å². The van der Waals surface area contributed by atoms with Crippen molar-refractivity contribution in [3.63, 3.8) is 0 Å². The van der Waals surface area contributed by atoms with Crippen molar-refractivity contribution in [1.82, 2.24) is 4.57 Å². The Bertz CT molecular complexity index is 4970. The summed E-state index contributed by atoms with van der Waals surface area (Å²) in [6.07, 6.45) is 0. The second-order valence-corrected chi connectivity index (χ2v) is 21.8. The second-order valence-electron chi connectivity index (χ2n) is 21.8. The Morgan fingerprint density at radius 2 is 0.780 bits per heavy atom. The van der Waals surface area contributed by atoms with Crippen LogP contribution in [0.4, 0.5) is 17.1 Å². The molecular formula is C79H50N2O. The van der Waals surface area contributed by atoms with E-state index in [1.54, 1.807) is 0 Å². The Morgan fingerprint density at radius 3 is 1.45 bits per heavy atom. The van der Waals surface area contributed by atoms with Crippen molar-refractivity contribution >= 4 is 60.8 Å². The highest BCUT2D eigenvalue weighted by atomic mass is 16.3. The molecule has 0 saturated carbocycles. The van der Waals surface area contributed by atoms with Gasteiger partial charge in [-0.15, -0.1) is 0 Å². The third kappa shape index (κ3) is 6.77. The van der Waals surface area contributed by atoms with Crippen molar-refractivity contribution in [2.45, 2.75) is 5.41 Å². The molecule has 2 aliphatic carbocycles. The number of benzene rings is 13. The van der Waals surface area contributed by atoms with E-state index in [2.05, 4.69) is 313 Å². The van der Waals surface area contributed by atoms with E-state index in [-0.39, 0.29) is 0 Å². The first-order valence-corrected chi connectivity index (χ1v) is 28.3. The Morgan fingerprint density at radius 1 is 0.293 bits per heavy atom. The van der Waals surface area contributed by atoms with E-state index < -0.39 is 5.41 Å². The smallest absolute Gasteiger partial charge is 0.137 e. The summed E-state index contributed by atoms with van der Waals surface area (Å²) >= 11 is 0.